The van der Waals surface area contributed by atoms with Crippen LogP contribution in [0.4, 0.5) is 5.69 Å². The number of ether oxygens (including phenoxy) is 2. The van der Waals surface area contributed by atoms with Crippen LogP contribution in [0.3, 0.4) is 0 Å². The number of fused-ring (bicyclic) bond motifs is 1. The molecule has 0 amide bonds. The second-order valence-electron chi connectivity index (χ2n) is 11.2. The van der Waals surface area contributed by atoms with Crippen molar-refractivity contribution < 1.29 is 54.7 Å². The Hall–Kier alpha value is -3.31. The maximum Gasteiger partial charge on any atom is 0.197 e. The molecule has 2 aliphatic heterocycles. The van der Waals surface area contributed by atoms with Crippen LogP contribution in [0, 0.1) is 12.8 Å². The first kappa shape index (κ1) is 31.1. The molecule has 10 unspecified atom stereocenters. The van der Waals surface area contributed by atoms with E-state index in [2.05, 4.69) is 0 Å². The van der Waals surface area contributed by atoms with Crippen molar-refractivity contribution in [1.82, 2.24) is 0 Å². The molecule has 43 heavy (non-hydrogen) atoms. The number of nitrogen functional groups attached to an aromatic ring is 1. The molecule has 14 nitrogen and oxygen atoms in total. The molecule has 0 bridgehead atoms. The quantitative estimate of drug-likeness (QED) is 0.157. The molecular formula is C29H36N2O12. The molecule has 3 aromatic rings. The third kappa shape index (κ3) is 5.04. The molecule has 14 heteroatoms. The summed E-state index contributed by atoms with van der Waals surface area (Å²) in [5, 5.41) is 84.8. The minimum Gasteiger partial charge on any atom is -0.508 e. The Morgan fingerprint density at radius 3 is 2.14 bits per heavy atom. The van der Waals surface area contributed by atoms with Crippen molar-refractivity contribution in [3.05, 3.63) is 51.2 Å². The van der Waals surface area contributed by atoms with E-state index in [0.717, 1.165) is 6.07 Å². The predicted octanol–water partition coefficient (Wildman–Crippen LogP) is -0.967. The van der Waals surface area contributed by atoms with E-state index in [1.165, 1.54) is 13.0 Å². The van der Waals surface area contributed by atoms with E-state index in [4.69, 9.17) is 25.4 Å². The normalized spacial score (nSPS) is 33.1. The highest BCUT2D eigenvalue weighted by Gasteiger charge is 2.48. The average molecular weight is 605 g/mol. The fourth-order valence-electron chi connectivity index (χ4n) is 5.85. The van der Waals surface area contributed by atoms with Gasteiger partial charge in [0.15, 0.2) is 5.43 Å². The van der Waals surface area contributed by atoms with Crippen molar-refractivity contribution in [1.29, 1.82) is 0 Å². The van der Waals surface area contributed by atoms with Crippen LogP contribution in [0.15, 0.2) is 33.5 Å². The Morgan fingerprint density at radius 2 is 1.51 bits per heavy atom. The number of nitrogens with two attached hydrogens (primary N) is 2. The molecule has 2 aromatic carbocycles. The Labute approximate surface area is 244 Å². The molecule has 12 N–H and O–H groups in total. The highest BCUT2D eigenvalue weighted by molar-refractivity contribution is 5.94. The lowest BCUT2D eigenvalue weighted by Gasteiger charge is -2.43. The number of aliphatic hydroxyl groups is 6. The summed E-state index contributed by atoms with van der Waals surface area (Å²) in [5.74, 6) is -1.74. The zero-order valence-electron chi connectivity index (χ0n) is 23.4. The molecule has 0 spiro atoms. The molecule has 2 fully saturated rings. The van der Waals surface area contributed by atoms with E-state index in [9.17, 15) is 45.6 Å². The van der Waals surface area contributed by atoms with Crippen molar-refractivity contribution in [2.24, 2.45) is 11.7 Å². The smallest absolute Gasteiger partial charge is 0.197 e. The van der Waals surface area contributed by atoms with Gasteiger partial charge in [-0.25, -0.2) is 0 Å². The van der Waals surface area contributed by atoms with Crippen LogP contribution < -0.4 is 16.9 Å². The van der Waals surface area contributed by atoms with E-state index < -0.39 is 84.0 Å². The lowest BCUT2D eigenvalue weighted by molar-refractivity contribution is -0.221. The number of hydrogen-bond donors (Lipinski definition) is 10. The summed E-state index contributed by atoms with van der Waals surface area (Å²) in [6.07, 6.45) is -13.4. The van der Waals surface area contributed by atoms with Gasteiger partial charge in [0.05, 0.1) is 36.2 Å². The number of rotatable bonds is 5. The molecular weight excluding hydrogens is 568 g/mol. The van der Waals surface area contributed by atoms with Gasteiger partial charge in [0, 0.05) is 29.7 Å². The summed E-state index contributed by atoms with van der Waals surface area (Å²) in [6.45, 7) is 2.27. The number of anilines is 1. The van der Waals surface area contributed by atoms with Gasteiger partial charge in [-0.3, -0.25) is 4.79 Å². The maximum absolute atomic E-state index is 13.6. The van der Waals surface area contributed by atoms with Crippen LogP contribution in [0.5, 0.6) is 11.5 Å². The summed E-state index contributed by atoms with van der Waals surface area (Å²) < 4.78 is 17.8. The van der Waals surface area contributed by atoms with Gasteiger partial charge >= 0.3 is 0 Å². The number of aryl methyl sites for hydroxylation is 1. The van der Waals surface area contributed by atoms with Crippen molar-refractivity contribution in [2.75, 3.05) is 18.9 Å². The Balaban J connectivity index is 1.82. The highest BCUT2D eigenvalue weighted by atomic mass is 16.5. The van der Waals surface area contributed by atoms with Crippen LogP contribution in [0.2, 0.25) is 0 Å². The van der Waals surface area contributed by atoms with Gasteiger partial charge in [-0.15, -0.1) is 0 Å². The Kier molecular flexibility index (Phi) is 8.43. The first-order valence-corrected chi connectivity index (χ1v) is 13.8. The van der Waals surface area contributed by atoms with Gasteiger partial charge in [0.25, 0.3) is 0 Å². The predicted molar refractivity (Wildman–Crippen MR) is 151 cm³/mol. The SMILES string of the molecule is Cc1ccc(-c2cc(=O)c3c(O)c(C4OC(CN)C(O)C(O)C4O)c(N)c(C4OC(CO)C(O)C(C)C4O)c3o2)cc1O. The summed E-state index contributed by atoms with van der Waals surface area (Å²) in [5.41, 5.74) is 11.2. The van der Waals surface area contributed by atoms with Crippen LogP contribution in [0.25, 0.3) is 22.3 Å². The van der Waals surface area contributed by atoms with Gasteiger partial charge in [0.2, 0.25) is 0 Å². The topological polar surface area (TPSA) is 263 Å². The molecule has 2 saturated heterocycles. The second kappa shape index (κ2) is 11.6. The third-order valence-corrected chi connectivity index (χ3v) is 8.54. The molecule has 2 aliphatic rings. The third-order valence-electron chi connectivity index (χ3n) is 8.54. The molecule has 234 valence electrons. The van der Waals surface area contributed by atoms with Crippen molar-refractivity contribution >= 4 is 16.7 Å². The molecule has 10 atom stereocenters. The second-order valence-corrected chi connectivity index (χ2v) is 11.2. The number of aromatic hydroxyl groups is 2. The van der Waals surface area contributed by atoms with Crippen molar-refractivity contribution in [3.63, 3.8) is 0 Å². The number of hydrogen-bond acceptors (Lipinski definition) is 14. The first-order chi connectivity index (χ1) is 20.3. The average Bonchev–Trinajstić information content (AvgIpc) is 2.98. The molecule has 0 saturated carbocycles. The van der Waals surface area contributed by atoms with Gasteiger partial charge in [-0.05, 0) is 18.6 Å². The summed E-state index contributed by atoms with van der Waals surface area (Å²) in [7, 11) is 0. The summed E-state index contributed by atoms with van der Waals surface area (Å²) in [4.78, 5) is 13.6. The standard InChI is InChI=1S/C29H36N2O12/c1-9-3-4-11(5-12(9)33)14-6-13(34)17-24(38)18(28-26(40)25(39)23(37)15(7-30)42-28)20(31)19(27(17)41-14)29-22(36)10(2)21(35)16(8-32)43-29/h3-6,10,15-16,21-23,25-26,28-29,32-33,35-40H,7-8,30-31H2,1-2H3. The van der Waals surface area contributed by atoms with Crippen LogP contribution >= 0.6 is 0 Å². The minimum absolute atomic E-state index is 0.0339. The fourth-order valence-corrected chi connectivity index (χ4v) is 5.85. The lowest BCUT2D eigenvalue weighted by Crippen LogP contribution is -2.56. The molecule has 0 radical (unpaired) electrons. The van der Waals surface area contributed by atoms with Gasteiger partial charge in [-0.1, -0.05) is 19.1 Å². The van der Waals surface area contributed by atoms with Crippen LogP contribution in [-0.4, -0.2) is 96.7 Å². The molecule has 0 aliphatic carbocycles. The summed E-state index contributed by atoms with van der Waals surface area (Å²) in [6, 6.07) is 5.63. The minimum atomic E-state index is -1.85. The number of phenols is 2. The number of aliphatic hydroxyl groups excluding tert-OH is 6. The van der Waals surface area contributed by atoms with Gasteiger partial charge in [0.1, 0.15) is 64.9 Å². The number of benzene rings is 2. The Bertz CT molecular complexity index is 1570. The van der Waals surface area contributed by atoms with E-state index in [0.29, 0.717) is 11.1 Å². The largest absolute Gasteiger partial charge is 0.508 e. The van der Waals surface area contributed by atoms with E-state index in [1.807, 2.05) is 0 Å². The van der Waals surface area contributed by atoms with E-state index >= 15 is 0 Å². The zero-order valence-corrected chi connectivity index (χ0v) is 23.4. The van der Waals surface area contributed by atoms with Crippen molar-refractivity contribution in [3.8, 4) is 22.8 Å². The fraction of sp³-hybridized carbons (Fsp3) is 0.483. The summed E-state index contributed by atoms with van der Waals surface area (Å²) >= 11 is 0. The van der Waals surface area contributed by atoms with Gasteiger partial charge in [-0.2, -0.15) is 0 Å². The monoisotopic (exact) mass is 604 g/mol. The molecule has 5 rings (SSSR count). The maximum atomic E-state index is 13.6. The molecule has 1 aromatic heterocycles. The van der Waals surface area contributed by atoms with Crippen LogP contribution in [-0.2, 0) is 9.47 Å². The zero-order chi connectivity index (χ0) is 31.5. The Morgan fingerprint density at radius 1 is 0.860 bits per heavy atom. The number of phenolic OH excluding ortho intramolecular Hbond substituents is 2. The van der Waals surface area contributed by atoms with E-state index in [1.54, 1.807) is 19.1 Å². The van der Waals surface area contributed by atoms with Gasteiger partial charge < -0.3 is 66.2 Å². The first-order valence-electron chi connectivity index (χ1n) is 13.8. The highest BCUT2D eigenvalue weighted by Crippen LogP contribution is 2.49. The van der Waals surface area contributed by atoms with E-state index in [-0.39, 0.29) is 40.5 Å². The van der Waals surface area contributed by atoms with Crippen LogP contribution in [0.1, 0.15) is 35.8 Å². The molecule has 3 heterocycles. The lowest BCUT2D eigenvalue weighted by atomic mass is 9.82. The van der Waals surface area contributed by atoms with Crippen molar-refractivity contribution in [2.45, 2.75) is 68.8 Å².